The summed E-state index contributed by atoms with van der Waals surface area (Å²) in [5, 5.41) is 10.7. The lowest BCUT2D eigenvalue weighted by Crippen LogP contribution is -2.45. The monoisotopic (exact) mass is 333 g/mol. The van der Waals surface area contributed by atoms with Gasteiger partial charge in [0.15, 0.2) is 11.6 Å². The highest BCUT2D eigenvalue weighted by Gasteiger charge is 2.18. The Morgan fingerprint density at radius 3 is 2.21 bits per heavy atom. The van der Waals surface area contributed by atoms with Crippen LogP contribution < -0.4 is 4.90 Å². The molecule has 126 valence electrons. The first kappa shape index (κ1) is 16.3. The van der Waals surface area contributed by atoms with Crippen molar-refractivity contribution in [3.05, 3.63) is 69.8 Å². The first-order valence-electron chi connectivity index (χ1n) is 7.68. The highest BCUT2D eigenvalue weighted by atomic mass is 19.2. The van der Waals surface area contributed by atoms with Crippen LogP contribution >= 0.6 is 0 Å². The van der Waals surface area contributed by atoms with Crippen LogP contribution in [0.4, 0.5) is 20.2 Å². The van der Waals surface area contributed by atoms with Gasteiger partial charge in [0.05, 0.1) is 4.92 Å². The van der Waals surface area contributed by atoms with Gasteiger partial charge in [0.1, 0.15) is 0 Å². The van der Waals surface area contributed by atoms with Crippen LogP contribution in [-0.2, 0) is 6.54 Å². The normalized spacial score (nSPS) is 15.5. The molecule has 0 bridgehead atoms. The molecule has 0 radical (unpaired) electrons. The van der Waals surface area contributed by atoms with E-state index in [0.717, 1.165) is 43.5 Å². The third-order valence-electron chi connectivity index (χ3n) is 4.19. The van der Waals surface area contributed by atoms with Gasteiger partial charge in [-0.15, -0.1) is 0 Å². The number of nitrogens with zero attached hydrogens (tertiary/aromatic N) is 3. The molecular formula is C17H17F2N3O2. The molecule has 2 aromatic carbocycles. The van der Waals surface area contributed by atoms with Crippen LogP contribution in [0, 0.1) is 21.7 Å². The minimum Gasteiger partial charge on any atom is -0.369 e. The van der Waals surface area contributed by atoms with Crippen LogP contribution in [0.5, 0.6) is 0 Å². The summed E-state index contributed by atoms with van der Waals surface area (Å²) in [6.45, 7) is 3.71. The highest BCUT2D eigenvalue weighted by Crippen LogP contribution is 2.21. The Labute approximate surface area is 138 Å². The molecule has 0 spiro atoms. The Bertz CT molecular complexity index is 729. The van der Waals surface area contributed by atoms with Crippen LogP contribution in [0.25, 0.3) is 0 Å². The zero-order chi connectivity index (χ0) is 17.1. The lowest BCUT2D eigenvalue weighted by atomic mass is 10.1. The summed E-state index contributed by atoms with van der Waals surface area (Å²) in [7, 11) is 0. The molecule has 3 rings (SSSR count). The summed E-state index contributed by atoms with van der Waals surface area (Å²) in [5.41, 5.74) is 1.78. The van der Waals surface area contributed by atoms with Crippen molar-refractivity contribution in [1.29, 1.82) is 0 Å². The Morgan fingerprint density at radius 1 is 0.958 bits per heavy atom. The van der Waals surface area contributed by atoms with Crippen LogP contribution in [0.1, 0.15) is 5.56 Å². The number of hydrogen-bond acceptors (Lipinski definition) is 4. The molecule has 0 amide bonds. The molecule has 1 aliphatic heterocycles. The van der Waals surface area contributed by atoms with Crippen LogP contribution in [0.2, 0.25) is 0 Å². The molecular weight excluding hydrogens is 316 g/mol. The van der Waals surface area contributed by atoms with Gasteiger partial charge in [0.2, 0.25) is 0 Å². The van der Waals surface area contributed by atoms with Crippen molar-refractivity contribution in [3.63, 3.8) is 0 Å². The lowest BCUT2D eigenvalue weighted by Gasteiger charge is -2.36. The molecule has 24 heavy (non-hydrogen) atoms. The number of nitro groups is 1. The largest absolute Gasteiger partial charge is 0.369 e. The van der Waals surface area contributed by atoms with Gasteiger partial charge in [-0.1, -0.05) is 6.07 Å². The fraction of sp³-hybridized carbons (Fsp3) is 0.294. The molecule has 0 saturated carbocycles. The molecule has 1 saturated heterocycles. The van der Waals surface area contributed by atoms with E-state index in [1.54, 1.807) is 18.2 Å². The van der Waals surface area contributed by atoms with E-state index >= 15 is 0 Å². The fourth-order valence-corrected chi connectivity index (χ4v) is 2.85. The third-order valence-corrected chi connectivity index (χ3v) is 4.19. The van der Waals surface area contributed by atoms with Gasteiger partial charge in [-0.05, 0) is 29.8 Å². The van der Waals surface area contributed by atoms with Crippen molar-refractivity contribution in [1.82, 2.24) is 4.90 Å². The Kier molecular flexibility index (Phi) is 4.71. The van der Waals surface area contributed by atoms with E-state index in [-0.39, 0.29) is 5.69 Å². The van der Waals surface area contributed by atoms with Gasteiger partial charge >= 0.3 is 0 Å². The number of nitro benzene ring substituents is 1. The third kappa shape index (κ3) is 3.68. The van der Waals surface area contributed by atoms with Crippen molar-refractivity contribution in [2.24, 2.45) is 0 Å². The van der Waals surface area contributed by atoms with Gasteiger partial charge in [-0.2, -0.15) is 0 Å². The molecule has 0 unspecified atom stereocenters. The summed E-state index contributed by atoms with van der Waals surface area (Å²) in [6.07, 6.45) is 0. The van der Waals surface area contributed by atoms with Gasteiger partial charge in [0.25, 0.3) is 5.69 Å². The minimum absolute atomic E-state index is 0.0794. The van der Waals surface area contributed by atoms with E-state index in [4.69, 9.17) is 0 Å². The van der Waals surface area contributed by atoms with Crippen molar-refractivity contribution in [3.8, 4) is 0 Å². The van der Waals surface area contributed by atoms with Crippen molar-refractivity contribution >= 4 is 11.4 Å². The number of benzene rings is 2. The standard InChI is InChI=1S/C17H17F2N3O2/c18-16-6-1-13(11-17(16)19)12-20-7-9-21(10-8-20)14-2-4-15(5-3-14)22(23)24/h1-6,11H,7-10,12H2. The van der Waals surface area contributed by atoms with E-state index in [9.17, 15) is 18.9 Å². The molecule has 1 fully saturated rings. The maximum absolute atomic E-state index is 13.3. The second-order valence-electron chi connectivity index (χ2n) is 5.79. The van der Waals surface area contributed by atoms with E-state index in [0.29, 0.717) is 6.54 Å². The quantitative estimate of drug-likeness (QED) is 0.637. The van der Waals surface area contributed by atoms with E-state index in [2.05, 4.69) is 9.80 Å². The van der Waals surface area contributed by atoms with Gasteiger partial charge < -0.3 is 4.90 Å². The topological polar surface area (TPSA) is 49.6 Å². The minimum atomic E-state index is -0.832. The molecule has 5 nitrogen and oxygen atoms in total. The number of piperazine rings is 1. The summed E-state index contributed by atoms with van der Waals surface area (Å²) in [5.74, 6) is -1.65. The Morgan fingerprint density at radius 2 is 1.62 bits per heavy atom. The molecule has 0 N–H and O–H groups in total. The summed E-state index contributed by atoms with van der Waals surface area (Å²) in [4.78, 5) is 14.6. The second-order valence-corrected chi connectivity index (χ2v) is 5.79. The lowest BCUT2D eigenvalue weighted by molar-refractivity contribution is -0.384. The number of non-ortho nitro benzene ring substituents is 1. The van der Waals surface area contributed by atoms with Crippen LogP contribution in [0.15, 0.2) is 42.5 Å². The summed E-state index contributed by atoms with van der Waals surface area (Å²) < 4.78 is 26.2. The van der Waals surface area contributed by atoms with Crippen molar-refractivity contribution < 1.29 is 13.7 Å². The molecule has 0 aliphatic carbocycles. The predicted octanol–water partition coefficient (Wildman–Crippen LogP) is 3.20. The molecule has 0 atom stereocenters. The first-order valence-corrected chi connectivity index (χ1v) is 7.68. The van der Waals surface area contributed by atoms with E-state index < -0.39 is 16.6 Å². The molecule has 1 aliphatic rings. The maximum Gasteiger partial charge on any atom is 0.269 e. The first-order chi connectivity index (χ1) is 11.5. The zero-order valence-corrected chi connectivity index (χ0v) is 13.0. The fourth-order valence-electron chi connectivity index (χ4n) is 2.85. The zero-order valence-electron chi connectivity index (χ0n) is 13.0. The Balaban J connectivity index is 1.57. The van der Waals surface area contributed by atoms with Crippen molar-refractivity contribution in [2.45, 2.75) is 6.54 Å². The average Bonchev–Trinajstić information content (AvgIpc) is 2.59. The molecule has 1 heterocycles. The SMILES string of the molecule is O=[N+]([O-])c1ccc(N2CCN(Cc3ccc(F)c(F)c3)CC2)cc1. The van der Waals surface area contributed by atoms with Crippen molar-refractivity contribution in [2.75, 3.05) is 31.1 Å². The van der Waals surface area contributed by atoms with E-state index in [1.165, 1.54) is 18.2 Å². The average molecular weight is 333 g/mol. The molecule has 7 heteroatoms. The highest BCUT2D eigenvalue weighted by molar-refractivity contribution is 5.51. The number of anilines is 1. The van der Waals surface area contributed by atoms with Gasteiger partial charge in [-0.3, -0.25) is 15.0 Å². The number of halogens is 2. The smallest absolute Gasteiger partial charge is 0.269 e. The van der Waals surface area contributed by atoms with Gasteiger partial charge in [0, 0.05) is 50.5 Å². The number of hydrogen-bond donors (Lipinski definition) is 0. The summed E-state index contributed by atoms with van der Waals surface area (Å²) in [6, 6.07) is 10.5. The summed E-state index contributed by atoms with van der Waals surface area (Å²) >= 11 is 0. The Hall–Kier alpha value is -2.54. The second kappa shape index (κ2) is 6.92. The molecule has 0 aromatic heterocycles. The van der Waals surface area contributed by atoms with E-state index in [1.807, 2.05) is 0 Å². The predicted molar refractivity (Wildman–Crippen MR) is 86.9 cm³/mol. The maximum atomic E-state index is 13.3. The van der Waals surface area contributed by atoms with Crippen LogP contribution in [0.3, 0.4) is 0 Å². The molecule has 2 aromatic rings. The van der Waals surface area contributed by atoms with Gasteiger partial charge in [-0.25, -0.2) is 8.78 Å². The van der Waals surface area contributed by atoms with Crippen LogP contribution in [-0.4, -0.2) is 36.0 Å². The number of rotatable bonds is 4.